The van der Waals surface area contributed by atoms with E-state index in [0.717, 1.165) is 95.2 Å². The molecule has 45 heavy (non-hydrogen) atoms. The first-order chi connectivity index (χ1) is 22.0. The van der Waals surface area contributed by atoms with Crippen molar-refractivity contribution in [1.29, 1.82) is 0 Å². The van der Waals surface area contributed by atoms with Crippen LogP contribution in [0.4, 0.5) is 17.6 Å². The summed E-state index contributed by atoms with van der Waals surface area (Å²) in [4.78, 5) is 21.6. The largest absolute Gasteiger partial charge is 0.497 e. The minimum absolute atomic E-state index is 0.531. The number of hydrogen-bond donors (Lipinski definition) is 2. The van der Waals surface area contributed by atoms with Gasteiger partial charge in [-0.1, -0.05) is 11.6 Å². The van der Waals surface area contributed by atoms with Crippen molar-refractivity contribution in [1.82, 2.24) is 19.9 Å². The van der Waals surface area contributed by atoms with Gasteiger partial charge in [0, 0.05) is 54.5 Å². The highest BCUT2D eigenvalue weighted by Crippen LogP contribution is 2.34. The summed E-state index contributed by atoms with van der Waals surface area (Å²) >= 11 is 6.30. The molecule has 6 rings (SSSR count). The molecule has 0 aliphatic carbocycles. The molecule has 0 amide bonds. The van der Waals surface area contributed by atoms with E-state index >= 15 is 0 Å². The molecule has 0 atom stereocenters. The van der Waals surface area contributed by atoms with Gasteiger partial charge in [0.05, 0.1) is 38.1 Å². The van der Waals surface area contributed by atoms with Crippen LogP contribution in [0.5, 0.6) is 17.2 Å². The molecule has 2 N–H and O–H groups in total. The van der Waals surface area contributed by atoms with Crippen LogP contribution in [0.15, 0.2) is 54.6 Å². The average molecular weight is 628 g/mol. The first-order valence-electron chi connectivity index (χ1n) is 15.3. The molecule has 0 radical (unpaired) electrons. The molecule has 234 valence electrons. The third kappa shape index (κ3) is 7.23. The van der Waals surface area contributed by atoms with Gasteiger partial charge in [-0.2, -0.15) is 15.0 Å². The van der Waals surface area contributed by atoms with E-state index in [9.17, 15) is 0 Å². The molecule has 0 unspecified atom stereocenters. The minimum atomic E-state index is 0.531. The molecule has 1 saturated heterocycles. The van der Waals surface area contributed by atoms with Crippen molar-refractivity contribution < 1.29 is 14.2 Å². The smallest absolute Gasteiger partial charge is 0.230 e. The van der Waals surface area contributed by atoms with E-state index in [0.29, 0.717) is 29.8 Å². The van der Waals surface area contributed by atoms with Gasteiger partial charge in [0.2, 0.25) is 11.9 Å². The highest BCUT2D eigenvalue weighted by molar-refractivity contribution is 6.31. The van der Waals surface area contributed by atoms with E-state index < -0.39 is 0 Å². The second kappa shape index (κ2) is 14.0. The Hall–Kier alpha value is -4.57. The number of nitrogens with one attached hydrogen (secondary N) is 2. The standard InChI is InChI=1S/C34H38ClN7O3/c1-43-24-9-11-29-28(21-24)32(27-10-8-23(35)19-30(27)38-29)36-12-7-13-37-33-39-31(40-34(41-33)42-14-5-4-6-15-42)18-22-16-25(44-2)20-26(17-22)45-3/h8-11,16-17,19-21H,4-7,12-15,18H2,1-3H3,(H,36,38)(H,37,39,40,41). The highest BCUT2D eigenvalue weighted by atomic mass is 35.5. The maximum atomic E-state index is 6.30. The van der Waals surface area contributed by atoms with Crippen LogP contribution in [0, 0.1) is 0 Å². The fraction of sp³-hybridized carbons (Fsp3) is 0.353. The van der Waals surface area contributed by atoms with Gasteiger partial charge in [-0.15, -0.1) is 0 Å². The van der Waals surface area contributed by atoms with Crippen molar-refractivity contribution in [2.75, 3.05) is 63.0 Å². The lowest BCUT2D eigenvalue weighted by molar-refractivity contribution is 0.393. The van der Waals surface area contributed by atoms with Crippen LogP contribution >= 0.6 is 11.6 Å². The topological polar surface area (TPSA) is 107 Å². The van der Waals surface area contributed by atoms with Crippen molar-refractivity contribution in [2.45, 2.75) is 32.1 Å². The second-order valence-electron chi connectivity index (χ2n) is 11.1. The van der Waals surface area contributed by atoms with Crippen LogP contribution in [0.25, 0.3) is 21.8 Å². The maximum absolute atomic E-state index is 6.30. The molecule has 11 heteroatoms. The Labute approximate surface area is 268 Å². The lowest BCUT2D eigenvalue weighted by Gasteiger charge is -2.27. The molecule has 3 heterocycles. The third-order valence-corrected chi connectivity index (χ3v) is 8.20. The highest BCUT2D eigenvalue weighted by Gasteiger charge is 2.17. The molecule has 1 fully saturated rings. The Balaban J connectivity index is 1.18. The molecular formula is C34H38ClN7O3. The predicted octanol–water partition coefficient (Wildman–Crippen LogP) is 6.75. The van der Waals surface area contributed by atoms with Crippen LogP contribution in [0.3, 0.4) is 0 Å². The molecule has 2 aromatic heterocycles. The van der Waals surface area contributed by atoms with Gasteiger partial charge in [-0.3, -0.25) is 0 Å². The zero-order valence-electron chi connectivity index (χ0n) is 25.9. The first kappa shape index (κ1) is 30.5. The number of ether oxygens (including phenoxy) is 3. The summed E-state index contributed by atoms with van der Waals surface area (Å²) < 4.78 is 16.5. The molecule has 3 aromatic carbocycles. The summed E-state index contributed by atoms with van der Waals surface area (Å²) in [7, 11) is 4.98. The summed E-state index contributed by atoms with van der Waals surface area (Å²) in [5, 5.41) is 9.77. The van der Waals surface area contributed by atoms with Gasteiger partial charge in [0.25, 0.3) is 0 Å². The Morgan fingerprint density at radius 1 is 0.711 bits per heavy atom. The van der Waals surface area contributed by atoms with Gasteiger partial charge >= 0.3 is 0 Å². The SMILES string of the molecule is COc1cc(Cc2nc(NCCCNc3c4ccc(Cl)cc4nc4ccc(OC)cc34)nc(N3CCCCC3)n2)cc(OC)c1. The Kier molecular flexibility index (Phi) is 9.49. The second-order valence-corrected chi connectivity index (χ2v) is 11.5. The fourth-order valence-corrected chi connectivity index (χ4v) is 5.83. The third-order valence-electron chi connectivity index (χ3n) is 7.96. The number of halogens is 1. The summed E-state index contributed by atoms with van der Waals surface area (Å²) in [5.74, 6) is 4.24. The quantitative estimate of drug-likeness (QED) is 0.114. The monoisotopic (exact) mass is 627 g/mol. The van der Waals surface area contributed by atoms with Gasteiger partial charge < -0.3 is 29.7 Å². The number of aromatic nitrogens is 4. The van der Waals surface area contributed by atoms with Crippen molar-refractivity contribution in [3.63, 3.8) is 0 Å². The lowest BCUT2D eigenvalue weighted by atomic mass is 10.1. The van der Waals surface area contributed by atoms with Crippen LogP contribution in [0.1, 0.15) is 37.1 Å². The van der Waals surface area contributed by atoms with Gasteiger partial charge in [0.1, 0.15) is 23.1 Å². The Morgan fingerprint density at radius 3 is 2.22 bits per heavy atom. The average Bonchev–Trinajstić information content (AvgIpc) is 3.07. The first-order valence-corrected chi connectivity index (χ1v) is 15.7. The summed E-state index contributed by atoms with van der Waals surface area (Å²) in [5.41, 5.74) is 3.74. The number of anilines is 3. The molecule has 10 nitrogen and oxygen atoms in total. The van der Waals surface area contributed by atoms with Crippen LogP contribution in [0.2, 0.25) is 5.02 Å². The Bertz CT molecular complexity index is 1770. The zero-order chi connectivity index (χ0) is 31.2. The number of fused-ring (bicyclic) bond motifs is 2. The molecule has 0 bridgehead atoms. The maximum Gasteiger partial charge on any atom is 0.230 e. The van der Waals surface area contributed by atoms with Gasteiger partial charge in [0.15, 0.2) is 0 Å². The van der Waals surface area contributed by atoms with Crippen molar-refractivity contribution in [2.24, 2.45) is 0 Å². The summed E-state index contributed by atoms with van der Waals surface area (Å²) in [6.45, 7) is 3.30. The van der Waals surface area contributed by atoms with Gasteiger partial charge in [-0.05, 0) is 79.8 Å². The molecule has 0 saturated carbocycles. The number of nitrogens with zero attached hydrogens (tertiary/aromatic N) is 5. The van der Waals surface area contributed by atoms with Crippen molar-refractivity contribution >= 4 is 51.0 Å². The molecule has 5 aromatic rings. The van der Waals surface area contributed by atoms with Crippen molar-refractivity contribution in [3.8, 4) is 17.2 Å². The fourth-order valence-electron chi connectivity index (χ4n) is 5.67. The normalized spacial score (nSPS) is 13.2. The van der Waals surface area contributed by atoms with E-state index in [1.165, 1.54) is 6.42 Å². The van der Waals surface area contributed by atoms with E-state index in [4.69, 9.17) is 45.7 Å². The molecule has 1 aliphatic heterocycles. The number of piperidine rings is 1. The van der Waals surface area contributed by atoms with E-state index in [-0.39, 0.29) is 0 Å². The van der Waals surface area contributed by atoms with Crippen LogP contribution in [-0.4, -0.2) is 67.4 Å². The van der Waals surface area contributed by atoms with E-state index in [1.807, 2.05) is 54.6 Å². The molecular weight excluding hydrogens is 590 g/mol. The van der Waals surface area contributed by atoms with Crippen LogP contribution in [-0.2, 0) is 6.42 Å². The number of methoxy groups -OCH3 is 3. The summed E-state index contributed by atoms with van der Waals surface area (Å²) in [6, 6.07) is 17.5. The number of benzene rings is 3. The lowest BCUT2D eigenvalue weighted by Crippen LogP contribution is -2.31. The van der Waals surface area contributed by atoms with E-state index in [1.54, 1.807) is 21.3 Å². The van der Waals surface area contributed by atoms with Gasteiger partial charge in [-0.25, -0.2) is 4.98 Å². The number of hydrogen-bond acceptors (Lipinski definition) is 10. The van der Waals surface area contributed by atoms with E-state index in [2.05, 4.69) is 15.5 Å². The molecule has 1 aliphatic rings. The zero-order valence-corrected chi connectivity index (χ0v) is 26.7. The predicted molar refractivity (Wildman–Crippen MR) is 181 cm³/mol. The minimum Gasteiger partial charge on any atom is -0.497 e. The number of rotatable bonds is 12. The van der Waals surface area contributed by atoms with Crippen molar-refractivity contribution in [3.05, 3.63) is 71.0 Å². The molecule has 0 spiro atoms. The number of pyridine rings is 1. The summed E-state index contributed by atoms with van der Waals surface area (Å²) in [6.07, 6.45) is 4.87. The van der Waals surface area contributed by atoms with Crippen LogP contribution < -0.4 is 29.7 Å². The Morgan fingerprint density at radius 2 is 1.47 bits per heavy atom.